The van der Waals surface area contributed by atoms with Gasteiger partial charge in [0.2, 0.25) is 0 Å². The molecule has 0 unspecified atom stereocenters. The van der Waals surface area contributed by atoms with Crippen LogP contribution in [0, 0.1) is 3.57 Å². The van der Waals surface area contributed by atoms with Crippen molar-refractivity contribution >= 4 is 49.5 Å². The largest absolute Gasteiger partial charge is 0.465 e. The lowest BCUT2D eigenvalue weighted by molar-refractivity contribution is 0.0601. The standard InChI is InChI=1S/C16H12INO4S/c1-22-16(19)11-7-8-13-14(17)10-18(15(13)9-11)23(20,21)12-5-3-2-4-6-12/h2-10H,1H3. The highest BCUT2D eigenvalue weighted by Gasteiger charge is 2.21. The molecule has 1 aromatic heterocycles. The van der Waals surface area contributed by atoms with Gasteiger partial charge >= 0.3 is 5.97 Å². The van der Waals surface area contributed by atoms with Gasteiger partial charge in [0.05, 0.1) is 23.1 Å². The monoisotopic (exact) mass is 441 g/mol. The van der Waals surface area contributed by atoms with E-state index in [-0.39, 0.29) is 4.90 Å². The topological polar surface area (TPSA) is 65.4 Å². The Morgan fingerprint density at radius 3 is 2.48 bits per heavy atom. The van der Waals surface area contributed by atoms with Gasteiger partial charge in [-0.3, -0.25) is 0 Å². The molecule has 0 atom stereocenters. The van der Waals surface area contributed by atoms with Crippen LogP contribution in [0.4, 0.5) is 0 Å². The quantitative estimate of drug-likeness (QED) is 0.463. The molecule has 1 heterocycles. The molecule has 0 N–H and O–H groups in total. The van der Waals surface area contributed by atoms with Crippen molar-refractivity contribution < 1.29 is 17.9 Å². The van der Waals surface area contributed by atoms with Crippen LogP contribution >= 0.6 is 22.6 Å². The Morgan fingerprint density at radius 2 is 1.83 bits per heavy atom. The second-order valence-electron chi connectivity index (χ2n) is 4.81. The highest BCUT2D eigenvalue weighted by atomic mass is 127. The van der Waals surface area contributed by atoms with Gasteiger partial charge in [0, 0.05) is 15.2 Å². The minimum absolute atomic E-state index is 0.191. The maximum absolute atomic E-state index is 12.9. The number of hydrogen-bond donors (Lipinski definition) is 0. The van der Waals surface area contributed by atoms with E-state index in [1.54, 1.807) is 36.5 Å². The molecule has 0 aliphatic heterocycles. The zero-order valence-corrected chi connectivity index (χ0v) is 15.0. The van der Waals surface area contributed by atoms with Crippen LogP contribution in [0.5, 0.6) is 0 Å². The van der Waals surface area contributed by atoms with E-state index >= 15 is 0 Å². The number of carbonyl (C=O) groups excluding carboxylic acids is 1. The van der Waals surface area contributed by atoms with Gasteiger partial charge in [0.25, 0.3) is 10.0 Å². The normalized spacial score (nSPS) is 11.6. The summed E-state index contributed by atoms with van der Waals surface area (Å²) in [5.74, 6) is -0.508. The molecule has 2 aromatic carbocycles. The van der Waals surface area contributed by atoms with E-state index in [4.69, 9.17) is 4.74 Å². The van der Waals surface area contributed by atoms with Gasteiger partial charge in [-0.2, -0.15) is 0 Å². The van der Waals surface area contributed by atoms with Crippen LogP contribution in [-0.4, -0.2) is 25.5 Å². The van der Waals surface area contributed by atoms with Crippen LogP contribution in [0.1, 0.15) is 10.4 Å². The molecule has 0 radical (unpaired) electrons. The molecule has 3 aromatic rings. The molecule has 5 nitrogen and oxygen atoms in total. The summed E-state index contributed by atoms with van der Waals surface area (Å²) in [4.78, 5) is 11.9. The molecule has 0 spiro atoms. The Balaban J connectivity index is 2.27. The van der Waals surface area contributed by atoms with Gasteiger partial charge in [0.1, 0.15) is 0 Å². The summed E-state index contributed by atoms with van der Waals surface area (Å²) in [6.45, 7) is 0. The van der Waals surface area contributed by atoms with Crippen LogP contribution in [0.25, 0.3) is 10.9 Å². The molecule has 0 saturated heterocycles. The molecule has 0 amide bonds. The van der Waals surface area contributed by atoms with Crippen LogP contribution < -0.4 is 0 Å². The molecule has 0 fully saturated rings. The van der Waals surface area contributed by atoms with Gasteiger partial charge in [-0.1, -0.05) is 24.3 Å². The third-order valence-electron chi connectivity index (χ3n) is 3.44. The highest BCUT2D eigenvalue weighted by molar-refractivity contribution is 14.1. The SMILES string of the molecule is COC(=O)c1ccc2c(I)cn(S(=O)(=O)c3ccccc3)c2c1. The smallest absolute Gasteiger partial charge is 0.337 e. The first-order valence-corrected chi connectivity index (χ1v) is 9.16. The van der Waals surface area contributed by atoms with E-state index in [0.717, 1.165) is 8.96 Å². The fourth-order valence-corrected chi connectivity index (χ4v) is 4.61. The molecule has 118 valence electrons. The number of methoxy groups -OCH3 is 1. The number of benzene rings is 2. The Kier molecular flexibility index (Phi) is 4.15. The van der Waals surface area contributed by atoms with E-state index in [1.807, 2.05) is 0 Å². The average Bonchev–Trinajstić information content (AvgIpc) is 2.92. The fourth-order valence-electron chi connectivity index (χ4n) is 2.31. The summed E-state index contributed by atoms with van der Waals surface area (Å²) in [5, 5.41) is 0.762. The van der Waals surface area contributed by atoms with Crippen LogP contribution in [0.15, 0.2) is 59.6 Å². The molecular formula is C16H12INO4S. The third-order valence-corrected chi connectivity index (χ3v) is 5.99. The number of esters is 1. The van der Waals surface area contributed by atoms with Crippen molar-refractivity contribution in [3.63, 3.8) is 0 Å². The van der Waals surface area contributed by atoms with E-state index in [9.17, 15) is 13.2 Å². The van der Waals surface area contributed by atoms with Crippen LogP contribution in [0.2, 0.25) is 0 Å². The first-order chi connectivity index (χ1) is 10.9. The number of fused-ring (bicyclic) bond motifs is 1. The maximum atomic E-state index is 12.9. The molecule has 23 heavy (non-hydrogen) atoms. The van der Waals surface area contributed by atoms with E-state index < -0.39 is 16.0 Å². The molecule has 0 bridgehead atoms. The summed E-state index contributed by atoms with van der Waals surface area (Å²) in [6, 6.07) is 13.1. The van der Waals surface area contributed by atoms with Crippen molar-refractivity contribution in [2.24, 2.45) is 0 Å². The molecule has 0 saturated carbocycles. The van der Waals surface area contributed by atoms with E-state index in [1.165, 1.54) is 29.3 Å². The summed E-state index contributed by atoms with van der Waals surface area (Å²) < 4.78 is 32.4. The second-order valence-corrected chi connectivity index (χ2v) is 7.79. The lowest BCUT2D eigenvalue weighted by atomic mass is 10.2. The fraction of sp³-hybridized carbons (Fsp3) is 0.0625. The van der Waals surface area contributed by atoms with Crippen molar-refractivity contribution in [2.45, 2.75) is 4.90 Å². The summed E-state index contributed by atoms with van der Waals surface area (Å²) in [6.07, 6.45) is 1.55. The van der Waals surface area contributed by atoms with Crippen molar-refractivity contribution in [2.75, 3.05) is 7.11 Å². The zero-order chi connectivity index (χ0) is 16.6. The van der Waals surface area contributed by atoms with Crippen molar-refractivity contribution in [3.05, 3.63) is 63.9 Å². The predicted molar refractivity (Wildman–Crippen MR) is 95.0 cm³/mol. The summed E-state index contributed by atoms with van der Waals surface area (Å²) >= 11 is 2.08. The van der Waals surface area contributed by atoms with E-state index in [0.29, 0.717) is 11.1 Å². The summed E-state index contributed by atoms with van der Waals surface area (Å²) in [7, 11) is -2.45. The second kappa shape index (κ2) is 5.97. The number of nitrogens with zero attached hydrogens (tertiary/aromatic N) is 1. The number of ether oxygens (including phenoxy) is 1. The first-order valence-electron chi connectivity index (χ1n) is 6.64. The number of halogens is 1. The average molecular weight is 441 g/mol. The lowest BCUT2D eigenvalue weighted by Crippen LogP contribution is -2.12. The third kappa shape index (κ3) is 2.74. The number of carbonyl (C=O) groups is 1. The van der Waals surface area contributed by atoms with Crippen LogP contribution in [-0.2, 0) is 14.8 Å². The van der Waals surface area contributed by atoms with Crippen LogP contribution in [0.3, 0.4) is 0 Å². The van der Waals surface area contributed by atoms with Crippen molar-refractivity contribution in [1.82, 2.24) is 3.97 Å². The molecular weight excluding hydrogens is 429 g/mol. The predicted octanol–water partition coefficient (Wildman–Crippen LogP) is 3.27. The minimum atomic E-state index is -3.73. The van der Waals surface area contributed by atoms with Gasteiger partial charge < -0.3 is 4.74 Å². The molecule has 3 rings (SSSR count). The van der Waals surface area contributed by atoms with Crippen molar-refractivity contribution in [1.29, 1.82) is 0 Å². The first kappa shape index (κ1) is 16.0. The minimum Gasteiger partial charge on any atom is -0.465 e. The Morgan fingerprint density at radius 1 is 1.13 bits per heavy atom. The Hall–Kier alpha value is -1.87. The van der Waals surface area contributed by atoms with Crippen molar-refractivity contribution in [3.8, 4) is 0 Å². The zero-order valence-electron chi connectivity index (χ0n) is 12.1. The maximum Gasteiger partial charge on any atom is 0.337 e. The molecule has 0 aliphatic rings. The number of hydrogen-bond acceptors (Lipinski definition) is 4. The van der Waals surface area contributed by atoms with Gasteiger partial charge in [-0.05, 0) is 46.9 Å². The summed E-state index contributed by atoms with van der Waals surface area (Å²) in [5.41, 5.74) is 0.750. The van der Waals surface area contributed by atoms with Gasteiger partial charge in [-0.25, -0.2) is 17.2 Å². The Bertz CT molecular complexity index is 994. The van der Waals surface area contributed by atoms with Gasteiger partial charge in [0.15, 0.2) is 0 Å². The number of aromatic nitrogens is 1. The lowest BCUT2D eigenvalue weighted by Gasteiger charge is -2.08. The molecule has 7 heteroatoms. The highest BCUT2D eigenvalue weighted by Crippen LogP contribution is 2.28. The molecule has 0 aliphatic carbocycles. The van der Waals surface area contributed by atoms with Gasteiger partial charge in [-0.15, -0.1) is 0 Å². The van der Waals surface area contributed by atoms with E-state index in [2.05, 4.69) is 22.6 Å². The Labute approximate surface area is 147 Å². The number of rotatable bonds is 3.